The van der Waals surface area contributed by atoms with Crippen molar-refractivity contribution in [3.05, 3.63) is 69.8 Å². The van der Waals surface area contributed by atoms with Crippen LogP contribution in [-0.2, 0) is 21.4 Å². The fraction of sp³-hybridized carbons (Fsp3) is 0.364. The Morgan fingerprint density at radius 1 is 1.09 bits per heavy atom. The number of benzene rings is 2. The summed E-state index contributed by atoms with van der Waals surface area (Å²) in [5, 5.41) is 16.0. The van der Waals surface area contributed by atoms with Crippen molar-refractivity contribution in [3.63, 3.8) is 0 Å². The zero-order valence-electron chi connectivity index (χ0n) is 18.9. The molecule has 34 heavy (non-hydrogen) atoms. The fourth-order valence-corrected chi connectivity index (χ4v) is 5.32. The van der Waals surface area contributed by atoms with Crippen LogP contribution in [0.1, 0.15) is 18.1 Å². The number of hydrogen-bond acceptors (Lipinski definition) is 7. The molecule has 11 nitrogen and oxygen atoms in total. The Labute approximate surface area is 197 Å². The summed E-state index contributed by atoms with van der Waals surface area (Å²) in [6, 6.07) is 11.8. The van der Waals surface area contributed by atoms with Gasteiger partial charge in [0.05, 0.1) is 15.9 Å². The molecule has 3 amide bonds. The number of rotatable bonds is 7. The molecule has 0 aliphatic carbocycles. The van der Waals surface area contributed by atoms with Crippen LogP contribution in [0.25, 0.3) is 0 Å². The highest BCUT2D eigenvalue weighted by Crippen LogP contribution is 2.25. The number of carbonyl (C=O) groups is 2. The minimum atomic E-state index is -3.93. The van der Waals surface area contributed by atoms with E-state index in [-0.39, 0.29) is 43.3 Å². The maximum atomic E-state index is 13.1. The molecule has 1 aliphatic heterocycles. The van der Waals surface area contributed by atoms with E-state index in [1.54, 1.807) is 18.7 Å². The Morgan fingerprint density at radius 2 is 1.74 bits per heavy atom. The van der Waals surface area contributed by atoms with Crippen LogP contribution >= 0.6 is 0 Å². The predicted octanol–water partition coefficient (Wildman–Crippen LogP) is 1.62. The molecule has 1 aliphatic rings. The molecule has 12 heteroatoms. The molecule has 0 aromatic heterocycles. The number of hydrogen-bond donors (Lipinski definition) is 2. The van der Waals surface area contributed by atoms with Crippen LogP contribution in [0.15, 0.2) is 53.4 Å². The largest absolute Gasteiger partial charge is 0.334 e. The lowest BCUT2D eigenvalue weighted by Crippen LogP contribution is -2.56. The molecular formula is C22H27N5O6S. The molecule has 182 valence electrons. The number of imide groups is 1. The van der Waals surface area contributed by atoms with E-state index in [2.05, 4.69) is 10.6 Å². The van der Waals surface area contributed by atoms with Gasteiger partial charge in [-0.15, -0.1) is 0 Å². The maximum absolute atomic E-state index is 13.1. The Hall–Kier alpha value is -3.35. The van der Waals surface area contributed by atoms with Gasteiger partial charge in [0, 0.05) is 44.9 Å². The van der Waals surface area contributed by atoms with Gasteiger partial charge in [-0.2, -0.15) is 4.31 Å². The van der Waals surface area contributed by atoms with E-state index in [0.717, 1.165) is 11.6 Å². The van der Waals surface area contributed by atoms with Crippen molar-refractivity contribution in [2.45, 2.75) is 31.3 Å². The second kappa shape index (κ2) is 10.7. The molecule has 1 heterocycles. The monoisotopic (exact) mass is 489 g/mol. The predicted molar refractivity (Wildman–Crippen MR) is 124 cm³/mol. The van der Waals surface area contributed by atoms with Crippen LogP contribution in [0.5, 0.6) is 0 Å². The van der Waals surface area contributed by atoms with Gasteiger partial charge >= 0.3 is 6.03 Å². The Bertz CT molecular complexity index is 1160. The molecule has 0 saturated carbocycles. The van der Waals surface area contributed by atoms with Gasteiger partial charge in [0.15, 0.2) is 0 Å². The van der Waals surface area contributed by atoms with E-state index in [1.165, 1.54) is 16.4 Å². The van der Waals surface area contributed by atoms with Crippen molar-refractivity contribution >= 4 is 27.6 Å². The van der Waals surface area contributed by atoms with Crippen LogP contribution in [0.3, 0.4) is 0 Å². The molecule has 2 aromatic rings. The van der Waals surface area contributed by atoms with Crippen LogP contribution in [0.2, 0.25) is 0 Å². The average Bonchev–Trinajstić information content (AvgIpc) is 2.83. The van der Waals surface area contributed by atoms with Crippen LogP contribution in [0, 0.1) is 17.0 Å². The highest BCUT2D eigenvalue weighted by molar-refractivity contribution is 7.89. The SMILES string of the molecule is Cc1ccc([N+](=O)[O-])cc1S(=O)(=O)N1CCN(C(C)C(=O)NC(=O)NCc2ccccc2)CC1. The van der Waals surface area contributed by atoms with Gasteiger partial charge in [-0.25, -0.2) is 13.2 Å². The van der Waals surface area contributed by atoms with Crippen molar-refractivity contribution in [2.75, 3.05) is 26.2 Å². The Morgan fingerprint density at radius 3 is 2.35 bits per heavy atom. The van der Waals surface area contributed by atoms with E-state index in [9.17, 15) is 28.1 Å². The van der Waals surface area contributed by atoms with Gasteiger partial charge in [-0.3, -0.25) is 25.1 Å². The highest BCUT2D eigenvalue weighted by atomic mass is 32.2. The van der Waals surface area contributed by atoms with Crippen molar-refractivity contribution in [3.8, 4) is 0 Å². The Kier molecular flexibility index (Phi) is 7.97. The number of carbonyl (C=O) groups excluding carboxylic acids is 2. The smallest absolute Gasteiger partial charge is 0.321 e. The lowest BCUT2D eigenvalue weighted by molar-refractivity contribution is -0.385. The lowest BCUT2D eigenvalue weighted by Gasteiger charge is -2.36. The minimum Gasteiger partial charge on any atom is -0.334 e. The number of urea groups is 1. The van der Waals surface area contributed by atoms with Crippen LogP contribution in [-0.4, -0.2) is 66.7 Å². The Balaban J connectivity index is 1.55. The molecule has 1 atom stereocenters. The molecule has 1 saturated heterocycles. The average molecular weight is 490 g/mol. The van der Waals surface area contributed by atoms with Crippen LogP contribution in [0.4, 0.5) is 10.5 Å². The quantitative estimate of drug-likeness (QED) is 0.445. The summed E-state index contributed by atoms with van der Waals surface area (Å²) < 4.78 is 27.4. The van der Waals surface area contributed by atoms with E-state index < -0.39 is 32.9 Å². The third-order valence-electron chi connectivity index (χ3n) is 5.73. The molecular weight excluding hydrogens is 462 g/mol. The normalized spacial score (nSPS) is 15.9. The number of aryl methyl sites for hydroxylation is 1. The first-order valence-corrected chi connectivity index (χ1v) is 12.2. The van der Waals surface area contributed by atoms with Crippen molar-refractivity contribution < 1.29 is 22.9 Å². The number of non-ortho nitro benzene ring substituents is 1. The van der Waals surface area contributed by atoms with E-state index in [1.807, 2.05) is 30.3 Å². The van der Waals surface area contributed by atoms with Gasteiger partial charge in [0.1, 0.15) is 0 Å². The molecule has 3 rings (SSSR count). The highest BCUT2D eigenvalue weighted by Gasteiger charge is 2.33. The molecule has 0 spiro atoms. The summed E-state index contributed by atoms with van der Waals surface area (Å²) in [7, 11) is -3.93. The van der Waals surface area contributed by atoms with E-state index in [4.69, 9.17) is 0 Å². The lowest BCUT2D eigenvalue weighted by atomic mass is 10.2. The minimum absolute atomic E-state index is 0.101. The van der Waals surface area contributed by atoms with Crippen molar-refractivity contribution in [1.82, 2.24) is 19.8 Å². The summed E-state index contributed by atoms with van der Waals surface area (Å²) in [5.74, 6) is -0.489. The molecule has 0 bridgehead atoms. The van der Waals surface area contributed by atoms with E-state index >= 15 is 0 Å². The standard InChI is InChI=1S/C22H27N5O6S/c1-16-8-9-19(27(30)31)14-20(16)34(32,33)26-12-10-25(11-13-26)17(2)21(28)24-22(29)23-15-18-6-4-3-5-7-18/h3-9,14,17H,10-13,15H2,1-2H3,(H2,23,24,28,29). The molecule has 1 fully saturated rings. The van der Waals surface area contributed by atoms with Gasteiger partial charge in [-0.05, 0) is 25.0 Å². The van der Waals surface area contributed by atoms with Crippen molar-refractivity contribution in [2.24, 2.45) is 0 Å². The number of sulfonamides is 1. The molecule has 1 unspecified atom stereocenters. The molecule has 2 N–H and O–H groups in total. The first-order valence-electron chi connectivity index (χ1n) is 10.7. The first-order chi connectivity index (χ1) is 16.1. The zero-order chi connectivity index (χ0) is 24.9. The summed E-state index contributed by atoms with van der Waals surface area (Å²) >= 11 is 0. The van der Waals surface area contributed by atoms with Crippen molar-refractivity contribution in [1.29, 1.82) is 0 Å². The second-order valence-electron chi connectivity index (χ2n) is 7.98. The van der Waals surface area contributed by atoms with Gasteiger partial charge in [0.2, 0.25) is 15.9 Å². The number of nitro benzene ring substituents is 1. The topological polar surface area (TPSA) is 142 Å². The third kappa shape index (κ3) is 5.95. The second-order valence-corrected chi connectivity index (χ2v) is 9.89. The summed E-state index contributed by atoms with van der Waals surface area (Å²) in [5.41, 5.74) is 1.02. The summed E-state index contributed by atoms with van der Waals surface area (Å²) in [6.07, 6.45) is 0. The van der Waals surface area contributed by atoms with Crippen LogP contribution < -0.4 is 10.6 Å². The number of amides is 3. The summed E-state index contributed by atoms with van der Waals surface area (Å²) in [4.78, 5) is 36.7. The molecule has 0 radical (unpaired) electrons. The van der Waals surface area contributed by atoms with Gasteiger partial charge in [-0.1, -0.05) is 36.4 Å². The number of piperazine rings is 1. The number of nitrogens with zero attached hydrogens (tertiary/aromatic N) is 3. The fourth-order valence-electron chi connectivity index (χ4n) is 3.66. The number of nitro groups is 1. The molecule has 2 aromatic carbocycles. The maximum Gasteiger partial charge on any atom is 0.321 e. The first kappa shape index (κ1) is 25.3. The van der Waals surface area contributed by atoms with Gasteiger partial charge in [0.25, 0.3) is 5.69 Å². The number of nitrogens with one attached hydrogen (secondary N) is 2. The zero-order valence-corrected chi connectivity index (χ0v) is 19.7. The third-order valence-corrected chi connectivity index (χ3v) is 7.77. The van der Waals surface area contributed by atoms with E-state index in [0.29, 0.717) is 5.56 Å². The van der Waals surface area contributed by atoms with Gasteiger partial charge < -0.3 is 5.32 Å². The summed E-state index contributed by atoms with van der Waals surface area (Å²) in [6.45, 7) is 4.28.